The van der Waals surface area contributed by atoms with Crippen LogP contribution in [-0.4, -0.2) is 0 Å². The quantitative estimate of drug-likeness (QED) is 0.516. The molecule has 3 aliphatic carbocycles. The van der Waals surface area contributed by atoms with Crippen LogP contribution in [0.3, 0.4) is 0 Å². The van der Waals surface area contributed by atoms with Crippen molar-refractivity contribution in [2.24, 2.45) is 23.7 Å². The van der Waals surface area contributed by atoms with Crippen LogP contribution in [0.5, 0.6) is 0 Å². The monoisotopic (exact) mass is 306 g/mol. The van der Waals surface area contributed by atoms with E-state index in [0.717, 1.165) is 24.7 Å². The fraction of sp³-hybridized carbons (Fsp3) is 0.478. The summed E-state index contributed by atoms with van der Waals surface area (Å²) < 4.78 is 0. The zero-order valence-corrected chi connectivity index (χ0v) is 14.9. The Hall–Kier alpha value is -1.56. The fourth-order valence-corrected chi connectivity index (χ4v) is 4.53. The smallest absolute Gasteiger partial charge is 0.00595 e. The molecule has 0 heterocycles. The highest BCUT2D eigenvalue weighted by Crippen LogP contribution is 2.49. The van der Waals surface area contributed by atoms with Gasteiger partial charge in [0.05, 0.1) is 0 Å². The highest BCUT2D eigenvalue weighted by atomic mass is 14.4. The molecule has 4 atom stereocenters. The SMILES string of the molecule is C=C(CC)C1=CCC(C)C2C(CC3=CC(C)C=CC=C3)=CCC12. The minimum Gasteiger partial charge on any atom is -0.0956 e. The maximum absolute atomic E-state index is 4.32. The van der Waals surface area contributed by atoms with Gasteiger partial charge in [-0.2, -0.15) is 0 Å². The van der Waals surface area contributed by atoms with E-state index in [2.05, 4.69) is 69.9 Å². The molecule has 0 nitrogen and oxygen atoms in total. The number of allylic oxidation sites excluding steroid dienone is 11. The lowest BCUT2D eigenvalue weighted by Crippen LogP contribution is -2.25. The first-order valence-electron chi connectivity index (χ1n) is 9.22. The highest BCUT2D eigenvalue weighted by molar-refractivity contribution is 5.41. The molecule has 0 spiro atoms. The molecule has 0 saturated heterocycles. The second-order valence-electron chi connectivity index (χ2n) is 7.50. The standard InChI is InChI=1S/C23H30/c1-5-17(3)21-12-10-18(4)23-20(11-13-22(21)23)15-19-9-7-6-8-16(2)14-19/h6-9,11-12,14,16,18,22-23H,3,5,10,13,15H2,1-2,4H3. The summed E-state index contributed by atoms with van der Waals surface area (Å²) in [6, 6.07) is 0. The first kappa shape index (κ1) is 16.3. The Labute approximate surface area is 142 Å². The van der Waals surface area contributed by atoms with E-state index >= 15 is 0 Å². The number of fused-ring (bicyclic) bond motifs is 1. The van der Waals surface area contributed by atoms with Gasteiger partial charge >= 0.3 is 0 Å². The molecule has 0 amide bonds. The maximum Gasteiger partial charge on any atom is -0.00595 e. The molecular weight excluding hydrogens is 276 g/mol. The lowest BCUT2D eigenvalue weighted by molar-refractivity contribution is 0.315. The van der Waals surface area contributed by atoms with Crippen molar-refractivity contribution in [2.75, 3.05) is 0 Å². The van der Waals surface area contributed by atoms with Gasteiger partial charge in [-0.05, 0) is 60.5 Å². The normalized spacial score (nSPS) is 32.7. The Morgan fingerprint density at radius 2 is 2.00 bits per heavy atom. The molecule has 23 heavy (non-hydrogen) atoms. The lowest BCUT2D eigenvalue weighted by atomic mass is 9.69. The van der Waals surface area contributed by atoms with Crippen LogP contribution in [0.15, 0.2) is 71.4 Å². The van der Waals surface area contributed by atoms with Crippen LogP contribution in [0.4, 0.5) is 0 Å². The van der Waals surface area contributed by atoms with Gasteiger partial charge < -0.3 is 0 Å². The van der Waals surface area contributed by atoms with Crippen LogP contribution in [-0.2, 0) is 0 Å². The van der Waals surface area contributed by atoms with Crippen LogP contribution in [0.25, 0.3) is 0 Å². The van der Waals surface area contributed by atoms with Crippen molar-refractivity contribution in [1.82, 2.24) is 0 Å². The van der Waals surface area contributed by atoms with E-state index in [1.54, 1.807) is 11.1 Å². The van der Waals surface area contributed by atoms with Crippen molar-refractivity contribution >= 4 is 0 Å². The van der Waals surface area contributed by atoms with Crippen molar-refractivity contribution in [1.29, 1.82) is 0 Å². The first-order valence-corrected chi connectivity index (χ1v) is 9.22. The summed E-state index contributed by atoms with van der Waals surface area (Å²) in [6.45, 7) is 11.3. The van der Waals surface area contributed by atoms with E-state index in [0.29, 0.717) is 11.8 Å². The van der Waals surface area contributed by atoms with Crippen molar-refractivity contribution in [2.45, 2.75) is 46.5 Å². The summed E-state index contributed by atoms with van der Waals surface area (Å²) in [5.41, 5.74) is 6.06. The van der Waals surface area contributed by atoms with Crippen LogP contribution in [0.2, 0.25) is 0 Å². The van der Waals surface area contributed by atoms with Gasteiger partial charge in [-0.25, -0.2) is 0 Å². The van der Waals surface area contributed by atoms with Crippen LogP contribution in [0, 0.1) is 23.7 Å². The largest absolute Gasteiger partial charge is 0.0956 e. The first-order chi connectivity index (χ1) is 11.1. The third-order valence-electron chi connectivity index (χ3n) is 5.77. The van der Waals surface area contributed by atoms with Gasteiger partial charge in [0.2, 0.25) is 0 Å². The Kier molecular flexibility index (Phi) is 4.90. The average Bonchev–Trinajstić information content (AvgIpc) is 2.84. The maximum atomic E-state index is 4.32. The second kappa shape index (κ2) is 6.91. The zero-order chi connectivity index (χ0) is 16.4. The van der Waals surface area contributed by atoms with Crippen LogP contribution in [0.1, 0.15) is 46.5 Å². The number of rotatable bonds is 4. The predicted octanol–water partition coefficient (Wildman–Crippen LogP) is 6.56. The van der Waals surface area contributed by atoms with Gasteiger partial charge in [-0.1, -0.05) is 81.0 Å². The molecule has 4 unspecified atom stereocenters. The molecule has 0 aromatic carbocycles. The third-order valence-corrected chi connectivity index (χ3v) is 5.77. The molecule has 0 aromatic heterocycles. The van der Waals surface area contributed by atoms with Gasteiger partial charge in [-0.15, -0.1) is 0 Å². The van der Waals surface area contributed by atoms with Gasteiger partial charge in [-0.3, -0.25) is 0 Å². The van der Waals surface area contributed by atoms with Gasteiger partial charge in [0.15, 0.2) is 0 Å². The van der Waals surface area contributed by atoms with E-state index in [1.165, 1.54) is 24.0 Å². The zero-order valence-electron chi connectivity index (χ0n) is 14.9. The van der Waals surface area contributed by atoms with Crippen molar-refractivity contribution in [3.8, 4) is 0 Å². The van der Waals surface area contributed by atoms with Crippen LogP contribution < -0.4 is 0 Å². The van der Waals surface area contributed by atoms with Crippen LogP contribution >= 0.6 is 0 Å². The minimum absolute atomic E-state index is 0.539. The Morgan fingerprint density at radius 1 is 1.17 bits per heavy atom. The summed E-state index contributed by atoms with van der Waals surface area (Å²) in [4.78, 5) is 0. The Morgan fingerprint density at radius 3 is 2.78 bits per heavy atom. The van der Waals surface area contributed by atoms with Crippen molar-refractivity contribution in [3.05, 3.63) is 71.4 Å². The Balaban J connectivity index is 1.79. The molecule has 0 saturated carbocycles. The molecule has 0 heteroatoms. The van der Waals surface area contributed by atoms with E-state index < -0.39 is 0 Å². The topological polar surface area (TPSA) is 0 Å². The molecule has 0 radical (unpaired) electrons. The Bertz CT molecular complexity index is 620. The van der Waals surface area contributed by atoms with E-state index in [1.807, 2.05) is 0 Å². The molecule has 0 N–H and O–H groups in total. The van der Waals surface area contributed by atoms with Crippen molar-refractivity contribution < 1.29 is 0 Å². The molecular formula is C23H30. The van der Waals surface area contributed by atoms with Gasteiger partial charge in [0, 0.05) is 0 Å². The lowest BCUT2D eigenvalue weighted by Gasteiger charge is -2.35. The summed E-state index contributed by atoms with van der Waals surface area (Å²) in [7, 11) is 0. The molecule has 3 rings (SSSR count). The second-order valence-corrected chi connectivity index (χ2v) is 7.50. The average molecular weight is 306 g/mol. The number of hydrogen-bond donors (Lipinski definition) is 0. The van der Waals surface area contributed by atoms with Gasteiger partial charge in [0.1, 0.15) is 0 Å². The molecule has 0 fully saturated rings. The molecule has 122 valence electrons. The summed E-state index contributed by atoms with van der Waals surface area (Å²) in [5, 5.41) is 0. The summed E-state index contributed by atoms with van der Waals surface area (Å²) in [5.74, 6) is 2.70. The van der Waals surface area contributed by atoms with E-state index in [-0.39, 0.29) is 0 Å². The van der Waals surface area contributed by atoms with E-state index in [9.17, 15) is 0 Å². The molecule has 0 aliphatic heterocycles. The fourth-order valence-electron chi connectivity index (χ4n) is 4.53. The van der Waals surface area contributed by atoms with E-state index in [4.69, 9.17) is 0 Å². The van der Waals surface area contributed by atoms with Crippen molar-refractivity contribution in [3.63, 3.8) is 0 Å². The molecule has 3 aliphatic rings. The summed E-state index contributed by atoms with van der Waals surface area (Å²) in [6.07, 6.45) is 21.0. The molecule has 0 aromatic rings. The predicted molar refractivity (Wildman–Crippen MR) is 101 cm³/mol. The summed E-state index contributed by atoms with van der Waals surface area (Å²) >= 11 is 0. The third kappa shape index (κ3) is 3.37. The highest BCUT2D eigenvalue weighted by Gasteiger charge is 2.38. The van der Waals surface area contributed by atoms with Gasteiger partial charge in [0.25, 0.3) is 0 Å². The molecule has 0 bridgehead atoms. The minimum atomic E-state index is 0.539. The number of hydrogen-bond acceptors (Lipinski definition) is 0.